The van der Waals surface area contributed by atoms with Crippen molar-refractivity contribution in [3.63, 3.8) is 0 Å². The third-order valence-electron chi connectivity index (χ3n) is 23.0. The minimum atomic E-state index is -5.82. The van der Waals surface area contributed by atoms with E-state index in [0.29, 0.717) is 44.4 Å². The molecule has 2 heterocycles. The molecule has 0 aromatic heterocycles. The fraction of sp³-hybridized carbons (Fsp3) is 0.891. The van der Waals surface area contributed by atoms with Gasteiger partial charge in [-0.1, -0.05) is 296 Å². The van der Waals surface area contributed by atoms with Crippen LogP contribution >= 0.6 is 7.82 Å². The third kappa shape index (κ3) is 50.0. The van der Waals surface area contributed by atoms with Crippen LogP contribution in [-0.4, -0.2) is 205 Å². The summed E-state index contributed by atoms with van der Waals surface area (Å²) in [5.41, 5.74) is 0. The maximum absolute atomic E-state index is 14.9. The Morgan fingerprint density at radius 2 is 0.686 bits per heavy atom. The Hall–Kier alpha value is -3.31. The van der Waals surface area contributed by atoms with E-state index in [0.717, 1.165) is 154 Å². The van der Waals surface area contributed by atoms with Crippen molar-refractivity contribution in [2.45, 2.75) is 492 Å². The largest absolute Gasteiger partial charge is 0.472 e. The van der Waals surface area contributed by atoms with Gasteiger partial charge in [0.05, 0.1) is 13.2 Å². The molecular formula is C92H167O25P. The van der Waals surface area contributed by atoms with Crippen molar-refractivity contribution in [1.82, 2.24) is 0 Å². The SMILES string of the molecule is CCCCCC/C=C\CCCCCCCCCC(=O)OCC(COP(=O)(O)OC1C(OC2OC(CO)C(O)C(O)C2O)C(O)C(O)C(OC(=O)CCCCCCCCC/C=C\CCCCCC)C1OC1OC(COC(=O)CCCCCCCCC(C)CCCCCCCC)C(O)C(O)C1O)OC(=O)CCCCC/C=C\CCCCCCCC. The van der Waals surface area contributed by atoms with Crippen LogP contribution in [0.3, 0.4) is 0 Å². The predicted molar refractivity (Wildman–Crippen MR) is 458 cm³/mol. The summed E-state index contributed by atoms with van der Waals surface area (Å²) in [7, 11) is -5.82. The second-order valence-electron chi connectivity index (χ2n) is 33.8. The van der Waals surface area contributed by atoms with Crippen LogP contribution in [0.15, 0.2) is 36.5 Å². The van der Waals surface area contributed by atoms with E-state index in [1.807, 2.05) is 0 Å². The number of carbonyl (C=O) groups excluding carboxylic acids is 4. The van der Waals surface area contributed by atoms with Crippen molar-refractivity contribution in [1.29, 1.82) is 0 Å². The molecule has 1 saturated carbocycles. The Morgan fingerprint density at radius 1 is 0.356 bits per heavy atom. The molecule has 2 aliphatic heterocycles. The number of phosphoric ester groups is 1. The van der Waals surface area contributed by atoms with Crippen LogP contribution in [0.2, 0.25) is 0 Å². The fourth-order valence-electron chi connectivity index (χ4n) is 15.4. The summed E-state index contributed by atoms with van der Waals surface area (Å²) in [5, 5.41) is 102. The van der Waals surface area contributed by atoms with Crippen molar-refractivity contribution in [3.05, 3.63) is 36.5 Å². The van der Waals surface area contributed by atoms with Gasteiger partial charge in [-0.15, -0.1) is 0 Å². The molecule has 25 nitrogen and oxygen atoms in total. The number of phosphoric acid groups is 1. The van der Waals surface area contributed by atoms with Crippen molar-refractivity contribution in [2.24, 2.45) is 5.92 Å². The molecule has 2 saturated heterocycles. The Kier molecular flexibility index (Phi) is 64.5. The molecule has 0 spiro atoms. The van der Waals surface area contributed by atoms with Crippen molar-refractivity contribution in [3.8, 4) is 0 Å². The van der Waals surface area contributed by atoms with Crippen LogP contribution < -0.4 is 0 Å². The first-order valence-corrected chi connectivity index (χ1v) is 48.6. The average molecular weight is 1700 g/mol. The number of unbranched alkanes of at least 4 members (excludes halogenated alkanes) is 41. The van der Waals surface area contributed by atoms with E-state index in [1.54, 1.807) is 0 Å². The number of carbonyl (C=O) groups is 4. The molecule has 10 N–H and O–H groups in total. The van der Waals surface area contributed by atoms with Gasteiger partial charge < -0.3 is 88.7 Å². The van der Waals surface area contributed by atoms with E-state index in [4.69, 9.17) is 46.9 Å². The molecule has 118 heavy (non-hydrogen) atoms. The highest BCUT2D eigenvalue weighted by Gasteiger charge is 2.60. The van der Waals surface area contributed by atoms with Crippen LogP contribution in [0.5, 0.6) is 0 Å². The van der Waals surface area contributed by atoms with E-state index in [-0.39, 0.29) is 25.7 Å². The van der Waals surface area contributed by atoms with E-state index in [9.17, 15) is 74.6 Å². The molecule has 0 aromatic carbocycles. The van der Waals surface area contributed by atoms with E-state index >= 15 is 0 Å². The average Bonchev–Trinajstić information content (AvgIpc) is 0.754. The first kappa shape index (κ1) is 109. The first-order valence-electron chi connectivity index (χ1n) is 47.1. The number of rotatable bonds is 75. The Bertz CT molecular complexity index is 2610. The van der Waals surface area contributed by atoms with Gasteiger partial charge in [-0.2, -0.15) is 0 Å². The summed E-state index contributed by atoms with van der Waals surface area (Å²) in [6.07, 6.45) is 30.0. The molecule has 3 fully saturated rings. The molecule has 1 aliphatic carbocycles. The monoisotopic (exact) mass is 1700 g/mol. The highest BCUT2D eigenvalue weighted by atomic mass is 31.2. The van der Waals surface area contributed by atoms with Gasteiger partial charge in [0.25, 0.3) is 0 Å². The summed E-state index contributed by atoms with van der Waals surface area (Å²) in [5.74, 6) is -2.32. The number of hydrogen-bond donors (Lipinski definition) is 10. The predicted octanol–water partition coefficient (Wildman–Crippen LogP) is 17.4. The van der Waals surface area contributed by atoms with Crippen LogP contribution in [0.4, 0.5) is 0 Å². The number of allylic oxidation sites excluding steroid dienone is 6. The standard InChI is InChI=1S/C92H167O25P/c1-6-10-14-18-22-25-28-31-33-36-38-41-44-51-57-63-75(94)108-68-72(111-77(96)65-59-53-45-42-39-35-30-27-24-20-16-12-8-3)69-110-118(106,107)117-90-88(115-91-85(104)81(100)79(98)73(67-93)112-91)84(103)83(102)87(114-78(97)66-60-54-46-43-40-37-34-32-29-26-23-19-15-11-7-2)89(90)116-92-86(105)82(101)80(99)74(113-92)70-109-76(95)64-58-52-48-47-50-56-62-71(5)61-55-49-21-17-13-9-4/h25-26,28-29,35,39,71-74,79-93,98-105H,6-24,27,30-34,36-38,40-70H2,1-5H3,(H,106,107)/b28-25-,29-26-,39-35-. The molecule has 0 bridgehead atoms. The maximum atomic E-state index is 14.9. The summed E-state index contributed by atoms with van der Waals surface area (Å²) in [6, 6.07) is 0. The zero-order valence-electron chi connectivity index (χ0n) is 73.6. The van der Waals surface area contributed by atoms with Gasteiger partial charge in [0, 0.05) is 25.7 Å². The second kappa shape index (κ2) is 69.9. The molecule has 690 valence electrons. The van der Waals surface area contributed by atoms with Gasteiger partial charge in [-0.25, -0.2) is 4.57 Å². The highest BCUT2D eigenvalue weighted by Crippen LogP contribution is 2.49. The molecule has 0 aromatic rings. The number of ether oxygens (including phenoxy) is 8. The number of aliphatic hydroxyl groups is 9. The summed E-state index contributed by atoms with van der Waals surface area (Å²) >= 11 is 0. The molecule has 19 unspecified atom stereocenters. The molecular weight excluding hydrogens is 1540 g/mol. The lowest BCUT2D eigenvalue weighted by Crippen LogP contribution is -2.70. The van der Waals surface area contributed by atoms with E-state index < -0.39 is 162 Å². The highest BCUT2D eigenvalue weighted by molar-refractivity contribution is 7.47. The van der Waals surface area contributed by atoms with Gasteiger partial charge in [0.2, 0.25) is 0 Å². The normalized spacial score (nSPS) is 25.3. The lowest BCUT2D eigenvalue weighted by atomic mass is 9.84. The van der Waals surface area contributed by atoms with Crippen LogP contribution in [0.25, 0.3) is 0 Å². The molecule has 0 radical (unpaired) electrons. The minimum Gasteiger partial charge on any atom is -0.463 e. The topological polar surface area (TPSA) is 380 Å². The zero-order valence-corrected chi connectivity index (χ0v) is 74.5. The zero-order chi connectivity index (χ0) is 86.2. The van der Waals surface area contributed by atoms with Crippen LogP contribution in [0, 0.1) is 5.92 Å². The van der Waals surface area contributed by atoms with Gasteiger partial charge in [0.15, 0.2) is 24.8 Å². The molecule has 3 aliphatic rings. The van der Waals surface area contributed by atoms with Crippen molar-refractivity contribution in [2.75, 3.05) is 26.4 Å². The van der Waals surface area contributed by atoms with Gasteiger partial charge >= 0.3 is 31.7 Å². The Morgan fingerprint density at radius 3 is 1.11 bits per heavy atom. The van der Waals surface area contributed by atoms with E-state index in [1.165, 1.54) is 135 Å². The van der Waals surface area contributed by atoms with Gasteiger partial charge in [0.1, 0.15) is 92.6 Å². The fourth-order valence-corrected chi connectivity index (χ4v) is 16.3. The quantitative estimate of drug-likeness (QED) is 0.00889. The number of esters is 4. The molecule has 19 atom stereocenters. The summed E-state index contributed by atoms with van der Waals surface area (Å²) in [6.45, 7) is 7.86. The second-order valence-corrected chi connectivity index (χ2v) is 35.2. The number of hydrogen-bond acceptors (Lipinski definition) is 24. The van der Waals surface area contributed by atoms with Crippen LogP contribution in [-0.2, 0) is 70.7 Å². The Balaban J connectivity index is 1.93. The van der Waals surface area contributed by atoms with Crippen LogP contribution in [0.1, 0.15) is 388 Å². The van der Waals surface area contributed by atoms with Crippen molar-refractivity contribution < 1.29 is 122 Å². The Labute approximate surface area is 710 Å². The molecule has 0 amide bonds. The van der Waals surface area contributed by atoms with Crippen molar-refractivity contribution >= 4 is 31.7 Å². The molecule has 26 heteroatoms. The lowest BCUT2D eigenvalue weighted by Gasteiger charge is -2.50. The van der Waals surface area contributed by atoms with Gasteiger partial charge in [-0.3, -0.25) is 28.2 Å². The number of aliphatic hydroxyl groups excluding tert-OH is 9. The maximum Gasteiger partial charge on any atom is 0.472 e. The summed E-state index contributed by atoms with van der Waals surface area (Å²) in [4.78, 5) is 66.5. The summed E-state index contributed by atoms with van der Waals surface area (Å²) < 4.78 is 73.4. The lowest BCUT2D eigenvalue weighted by molar-refractivity contribution is -0.360. The first-order chi connectivity index (χ1) is 57.1. The smallest absolute Gasteiger partial charge is 0.463 e. The van der Waals surface area contributed by atoms with Gasteiger partial charge in [-0.05, 0) is 109 Å². The van der Waals surface area contributed by atoms with E-state index in [2.05, 4.69) is 71.1 Å². The minimum absolute atomic E-state index is 0.0124. The third-order valence-corrected chi connectivity index (χ3v) is 24.0. The molecule has 3 rings (SSSR count).